The fraction of sp³-hybridized carbons (Fsp3) is 0.286. The van der Waals surface area contributed by atoms with Gasteiger partial charge in [0.1, 0.15) is 5.82 Å². The van der Waals surface area contributed by atoms with E-state index < -0.39 is 0 Å². The van der Waals surface area contributed by atoms with E-state index in [1.165, 1.54) is 0 Å². The SMILES string of the molecule is Cc1ccc(C)c(C(=O)NC(C)c2ncc[nH]2)c1. The highest BCUT2D eigenvalue weighted by Gasteiger charge is 2.14. The summed E-state index contributed by atoms with van der Waals surface area (Å²) in [7, 11) is 0. The summed E-state index contributed by atoms with van der Waals surface area (Å²) in [4.78, 5) is 19.3. The molecule has 0 saturated carbocycles. The second-order valence-corrected chi connectivity index (χ2v) is 4.49. The van der Waals surface area contributed by atoms with Crippen molar-refractivity contribution in [2.45, 2.75) is 26.8 Å². The van der Waals surface area contributed by atoms with Gasteiger partial charge in [0.25, 0.3) is 5.91 Å². The van der Waals surface area contributed by atoms with Crippen molar-refractivity contribution in [3.05, 3.63) is 53.1 Å². The summed E-state index contributed by atoms with van der Waals surface area (Å²) >= 11 is 0. The van der Waals surface area contributed by atoms with Crippen molar-refractivity contribution in [3.63, 3.8) is 0 Å². The fourth-order valence-corrected chi connectivity index (χ4v) is 1.84. The number of aromatic nitrogens is 2. The largest absolute Gasteiger partial charge is 0.347 e. The van der Waals surface area contributed by atoms with E-state index >= 15 is 0 Å². The lowest BCUT2D eigenvalue weighted by Gasteiger charge is -2.13. The van der Waals surface area contributed by atoms with Crippen LogP contribution in [0, 0.1) is 13.8 Å². The Balaban J connectivity index is 2.15. The monoisotopic (exact) mass is 243 g/mol. The molecule has 1 aromatic heterocycles. The van der Waals surface area contributed by atoms with Gasteiger partial charge >= 0.3 is 0 Å². The van der Waals surface area contributed by atoms with Crippen LogP contribution < -0.4 is 5.32 Å². The highest BCUT2D eigenvalue weighted by atomic mass is 16.1. The van der Waals surface area contributed by atoms with Gasteiger partial charge in [0.2, 0.25) is 0 Å². The maximum atomic E-state index is 12.2. The van der Waals surface area contributed by atoms with Crippen LogP contribution in [0.1, 0.15) is 40.3 Å². The highest BCUT2D eigenvalue weighted by Crippen LogP contribution is 2.13. The van der Waals surface area contributed by atoms with Crippen molar-refractivity contribution in [2.75, 3.05) is 0 Å². The van der Waals surface area contributed by atoms with Gasteiger partial charge in [-0.2, -0.15) is 0 Å². The van der Waals surface area contributed by atoms with Gasteiger partial charge in [0.15, 0.2) is 0 Å². The quantitative estimate of drug-likeness (QED) is 0.870. The summed E-state index contributed by atoms with van der Waals surface area (Å²) in [6, 6.07) is 5.73. The number of nitrogens with one attached hydrogen (secondary N) is 2. The molecule has 94 valence electrons. The van der Waals surface area contributed by atoms with E-state index in [1.807, 2.05) is 39.0 Å². The van der Waals surface area contributed by atoms with Crippen molar-refractivity contribution < 1.29 is 4.79 Å². The molecular formula is C14H17N3O. The van der Waals surface area contributed by atoms with Gasteiger partial charge in [-0.3, -0.25) is 4.79 Å². The number of hydrogen-bond donors (Lipinski definition) is 2. The highest BCUT2D eigenvalue weighted by molar-refractivity contribution is 5.96. The maximum Gasteiger partial charge on any atom is 0.252 e. The summed E-state index contributed by atoms with van der Waals surface area (Å²) in [5.74, 6) is 0.689. The zero-order valence-electron chi connectivity index (χ0n) is 10.8. The second-order valence-electron chi connectivity index (χ2n) is 4.49. The summed E-state index contributed by atoms with van der Waals surface area (Å²) in [5, 5.41) is 2.93. The van der Waals surface area contributed by atoms with Crippen LogP contribution in [0.5, 0.6) is 0 Å². The Morgan fingerprint density at radius 2 is 2.17 bits per heavy atom. The van der Waals surface area contributed by atoms with Gasteiger partial charge in [-0.05, 0) is 32.4 Å². The molecule has 4 heteroatoms. The molecule has 1 atom stereocenters. The second kappa shape index (κ2) is 5.04. The third kappa shape index (κ3) is 2.59. The number of H-pyrrole nitrogens is 1. The number of imidazole rings is 1. The molecule has 0 fully saturated rings. The van der Waals surface area contributed by atoms with Gasteiger partial charge < -0.3 is 10.3 Å². The molecule has 4 nitrogen and oxygen atoms in total. The lowest BCUT2D eigenvalue weighted by Crippen LogP contribution is -2.28. The van der Waals surface area contributed by atoms with E-state index in [0.29, 0.717) is 5.56 Å². The average molecular weight is 243 g/mol. The van der Waals surface area contributed by atoms with Gasteiger partial charge in [0, 0.05) is 18.0 Å². The van der Waals surface area contributed by atoms with Crippen molar-refractivity contribution in [2.24, 2.45) is 0 Å². The van der Waals surface area contributed by atoms with Crippen molar-refractivity contribution >= 4 is 5.91 Å². The van der Waals surface area contributed by atoms with Crippen molar-refractivity contribution in [3.8, 4) is 0 Å². The van der Waals surface area contributed by atoms with Crippen molar-refractivity contribution in [1.29, 1.82) is 0 Å². The lowest BCUT2D eigenvalue weighted by molar-refractivity contribution is 0.0937. The van der Waals surface area contributed by atoms with Crippen LogP contribution in [0.4, 0.5) is 0 Å². The minimum atomic E-state index is -0.132. The van der Waals surface area contributed by atoms with E-state index in [4.69, 9.17) is 0 Å². The Morgan fingerprint density at radius 1 is 1.39 bits per heavy atom. The molecule has 0 radical (unpaired) electrons. The minimum Gasteiger partial charge on any atom is -0.347 e. The number of carbonyl (C=O) groups is 1. The van der Waals surface area contributed by atoms with Gasteiger partial charge in [-0.15, -0.1) is 0 Å². The Morgan fingerprint density at radius 3 is 2.83 bits per heavy atom. The number of benzene rings is 1. The number of hydrogen-bond acceptors (Lipinski definition) is 2. The standard InChI is InChI=1S/C14H17N3O/c1-9-4-5-10(2)12(8-9)14(18)17-11(3)13-15-6-7-16-13/h4-8,11H,1-3H3,(H,15,16)(H,17,18). The molecule has 0 saturated heterocycles. The Hall–Kier alpha value is -2.10. The first-order valence-corrected chi connectivity index (χ1v) is 5.95. The average Bonchev–Trinajstić information content (AvgIpc) is 2.85. The first-order valence-electron chi connectivity index (χ1n) is 5.95. The molecule has 0 aliphatic carbocycles. The predicted molar refractivity (Wildman–Crippen MR) is 70.4 cm³/mol. The summed E-state index contributed by atoms with van der Waals surface area (Å²) in [5.41, 5.74) is 2.77. The Bertz CT molecular complexity index is 546. The van der Waals surface area contributed by atoms with Gasteiger partial charge in [0.05, 0.1) is 6.04 Å². The molecular weight excluding hydrogens is 226 g/mol. The topological polar surface area (TPSA) is 57.8 Å². The molecule has 0 spiro atoms. The normalized spacial score (nSPS) is 12.2. The number of aryl methyl sites for hydroxylation is 2. The van der Waals surface area contributed by atoms with Crippen LogP contribution in [0.3, 0.4) is 0 Å². The van der Waals surface area contributed by atoms with Gasteiger partial charge in [-0.1, -0.05) is 17.7 Å². The molecule has 18 heavy (non-hydrogen) atoms. The van der Waals surface area contributed by atoms with Crippen LogP contribution in [-0.4, -0.2) is 15.9 Å². The molecule has 2 N–H and O–H groups in total. The number of rotatable bonds is 3. The molecule has 0 aliphatic rings. The van der Waals surface area contributed by atoms with E-state index in [2.05, 4.69) is 15.3 Å². The number of amides is 1. The Labute approximate surface area is 106 Å². The molecule has 2 rings (SSSR count). The molecule has 0 bridgehead atoms. The maximum absolute atomic E-state index is 12.2. The number of carbonyl (C=O) groups excluding carboxylic acids is 1. The summed E-state index contributed by atoms with van der Waals surface area (Å²) < 4.78 is 0. The third-order valence-corrected chi connectivity index (χ3v) is 2.91. The van der Waals surface area contributed by atoms with E-state index in [9.17, 15) is 4.79 Å². The van der Waals surface area contributed by atoms with Crippen LogP contribution in [0.25, 0.3) is 0 Å². The van der Waals surface area contributed by atoms with Crippen LogP contribution >= 0.6 is 0 Å². The fourth-order valence-electron chi connectivity index (χ4n) is 1.84. The summed E-state index contributed by atoms with van der Waals surface area (Å²) in [6.45, 7) is 5.82. The first kappa shape index (κ1) is 12.4. The molecule has 1 unspecified atom stereocenters. The van der Waals surface area contributed by atoms with Crippen LogP contribution in [0.15, 0.2) is 30.6 Å². The molecule has 1 amide bonds. The molecule has 0 aliphatic heterocycles. The predicted octanol–water partition coefficient (Wildman–Crippen LogP) is 2.52. The zero-order valence-corrected chi connectivity index (χ0v) is 10.8. The summed E-state index contributed by atoms with van der Waals surface area (Å²) in [6.07, 6.45) is 3.42. The third-order valence-electron chi connectivity index (χ3n) is 2.91. The van der Waals surface area contributed by atoms with E-state index in [-0.39, 0.29) is 11.9 Å². The smallest absolute Gasteiger partial charge is 0.252 e. The molecule has 1 heterocycles. The number of aromatic amines is 1. The molecule has 2 aromatic rings. The Kier molecular flexibility index (Phi) is 3.46. The van der Waals surface area contributed by atoms with E-state index in [0.717, 1.165) is 17.0 Å². The number of nitrogens with zero attached hydrogens (tertiary/aromatic N) is 1. The lowest BCUT2D eigenvalue weighted by atomic mass is 10.0. The zero-order chi connectivity index (χ0) is 13.1. The van der Waals surface area contributed by atoms with Crippen LogP contribution in [-0.2, 0) is 0 Å². The van der Waals surface area contributed by atoms with E-state index in [1.54, 1.807) is 12.4 Å². The van der Waals surface area contributed by atoms with Crippen molar-refractivity contribution in [1.82, 2.24) is 15.3 Å². The van der Waals surface area contributed by atoms with Crippen LogP contribution in [0.2, 0.25) is 0 Å². The first-order chi connectivity index (χ1) is 8.58. The molecule has 1 aromatic carbocycles. The minimum absolute atomic E-state index is 0.0694. The van der Waals surface area contributed by atoms with Gasteiger partial charge in [-0.25, -0.2) is 4.98 Å².